The SMILES string of the molecule is CC1(C)c2ccccc2-c2cc(N(c3ccc4c(c3)C3(c5ccccc5-c5ccccc53)c3ccccc3-4)c3ccc4c5ccccc5c5ccccc5c4c3)ccc21. The predicted octanol–water partition coefficient (Wildman–Crippen LogP) is 15.3. The van der Waals surface area contributed by atoms with Crippen LogP contribution in [-0.2, 0) is 10.8 Å². The molecule has 0 unspecified atom stereocenters. The van der Waals surface area contributed by atoms with Crippen LogP contribution in [0.2, 0.25) is 0 Å². The molecule has 1 nitrogen and oxygen atoms in total. The van der Waals surface area contributed by atoms with Gasteiger partial charge in [-0.2, -0.15) is 0 Å². The minimum absolute atomic E-state index is 0.0762. The molecule has 0 saturated heterocycles. The van der Waals surface area contributed by atoms with Gasteiger partial charge in [-0.3, -0.25) is 0 Å². The van der Waals surface area contributed by atoms with Crippen molar-refractivity contribution in [2.45, 2.75) is 24.7 Å². The molecule has 10 aromatic rings. The first kappa shape index (κ1) is 32.8. The quantitative estimate of drug-likeness (QED) is 0.163. The van der Waals surface area contributed by atoms with Crippen LogP contribution in [0.25, 0.3) is 65.7 Å². The summed E-state index contributed by atoms with van der Waals surface area (Å²) in [5.74, 6) is 0. The first-order chi connectivity index (χ1) is 29.0. The van der Waals surface area contributed by atoms with Crippen molar-refractivity contribution in [1.82, 2.24) is 0 Å². The van der Waals surface area contributed by atoms with E-state index in [0.717, 1.165) is 17.1 Å². The average Bonchev–Trinajstić information content (AvgIpc) is 3.85. The van der Waals surface area contributed by atoms with Crippen LogP contribution in [0.5, 0.6) is 0 Å². The number of anilines is 3. The van der Waals surface area contributed by atoms with Gasteiger partial charge >= 0.3 is 0 Å². The molecule has 1 spiro atoms. The number of rotatable bonds is 3. The molecular weight excluding hydrogens is 711 g/mol. The second-order valence-electron chi connectivity index (χ2n) is 17.2. The topological polar surface area (TPSA) is 3.24 Å². The van der Waals surface area contributed by atoms with E-state index in [1.807, 2.05) is 0 Å². The molecule has 0 aliphatic heterocycles. The molecule has 0 saturated carbocycles. The lowest BCUT2D eigenvalue weighted by Gasteiger charge is -2.32. The Labute approximate surface area is 344 Å². The van der Waals surface area contributed by atoms with E-state index < -0.39 is 5.41 Å². The molecule has 3 aliphatic carbocycles. The zero-order valence-corrected chi connectivity index (χ0v) is 33.0. The Bertz CT molecular complexity index is 3340. The second kappa shape index (κ2) is 11.7. The molecule has 276 valence electrons. The number of hydrogen-bond acceptors (Lipinski definition) is 1. The summed E-state index contributed by atoms with van der Waals surface area (Å²) in [5, 5.41) is 7.67. The predicted molar refractivity (Wildman–Crippen MR) is 248 cm³/mol. The Morgan fingerprint density at radius 1 is 0.271 bits per heavy atom. The molecule has 10 aromatic carbocycles. The zero-order chi connectivity index (χ0) is 39.0. The maximum Gasteiger partial charge on any atom is 0.0726 e. The van der Waals surface area contributed by atoms with E-state index in [9.17, 15) is 0 Å². The lowest BCUT2D eigenvalue weighted by molar-refractivity contribution is 0.660. The molecule has 3 aliphatic rings. The van der Waals surface area contributed by atoms with E-state index in [-0.39, 0.29) is 5.41 Å². The third-order valence-corrected chi connectivity index (χ3v) is 14.1. The summed E-state index contributed by atoms with van der Waals surface area (Å²) in [6.07, 6.45) is 0. The van der Waals surface area contributed by atoms with Gasteiger partial charge in [0.15, 0.2) is 0 Å². The molecule has 0 N–H and O–H groups in total. The Kier molecular flexibility index (Phi) is 6.50. The number of nitrogens with zero attached hydrogens (tertiary/aromatic N) is 1. The number of benzene rings is 10. The summed E-state index contributed by atoms with van der Waals surface area (Å²) in [4.78, 5) is 2.52. The van der Waals surface area contributed by atoms with Gasteiger partial charge in [-0.25, -0.2) is 0 Å². The Hall–Kier alpha value is -7.22. The van der Waals surface area contributed by atoms with Gasteiger partial charge in [-0.15, -0.1) is 0 Å². The highest BCUT2D eigenvalue weighted by atomic mass is 15.1. The van der Waals surface area contributed by atoms with Crippen LogP contribution in [0.1, 0.15) is 47.2 Å². The van der Waals surface area contributed by atoms with Crippen LogP contribution >= 0.6 is 0 Å². The van der Waals surface area contributed by atoms with Crippen LogP contribution in [0.3, 0.4) is 0 Å². The van der Waals surface area contributed by atoms with Crippen molar-refractivity contribution in [3.8, 4) is 33.4 Å². The standard InChI is InChI=1S/C58H39N/c1-57(2)51-23-11-7-22-47(51)50-34-37(29-32-52(50)57)59(36-27-30-43-41-17-4-3-15-39(41)40-16-5-6-18-42(40)49(43)33-36)38-28-31-48-46-21-10-14-26-55(46)58(56(48)35-38)53-24-12-8-19-44(53)45-20-9-13-25-54(45)58/h3-35H,1-2H3. The van der Waals surface area contributed by atoms with Crippen molar-refractivity contribution in [3.05, 3.63) is 234 Å². The number of hydrogen-bond donors (Lipinski definition) is 0. The van der Waals surface area contributed by atoms with Crippen molar-refractivity contribution in [2.75, 3.05) is 4.90 Å². The lowest BCUT2D eigenvalue weighted by Crippen LogP contribution is -2.26. The third kappa shape index (κ3) is 4.19. The van der Waals surface area contributed by atoms with Crippen LogP contribution in [0.15, 0.2) is 200 Å². The normalized spacial score (nSPS) is 14.5. The van der Waals surface area contributed by atoms with Gasteiger partial charge in [0.1, 0.15) is 0 Å². The summed E-state index contributed by atoms with van der Waals surface area (Å²) in [7, 11) is 0. The van der Waals surface area contributed by atoms with Gasteiger partial charge in [0.05, 0.1) is 5.41 Å². The van der Waals surface area contributed by atoms with Crippen molar-refractivity contribution in [3.63, 3.8) is 0 Å². The monoisotopic (exact) mass is 749 g/mol. The van der Waals surface area contributed by atoms with Crippen molar-refractivity contribution in [1.29, 1.82) is 0 Å². The number of fused-ring (bicyclic) bond motifs is 19. The molecule has 0 bridgehead atoms. The lowest BCUT2D eigenvalue weighted by atomic mass is 9.70. The van der Waals surface area contributed by atoms with E-state index in [4.69, 9.17) is 0 Å². The highest BCUT2D eigenvalue weighted by Crippen LogP contribution is 2.63. The van der Waals surface area contributed by atoms with Gasteiger partial charge < -0.3 is 4.90 Å². The Morgan fingerprint density at radius 3 is 1.22 bits per heavy atom. The minimum Gasteiger partial charge on any atom is -0.310 e. The van der Waals surface area contributed by atoms with E-state index in [1.54, 1.807) is 0 Å². The van der Waals surface area contributed by atoms with Gasteiger partial charge in [0.2, 0.25) is 0 Å². The van der Waals surface area contributed by atoms with Crippen LogP contribution < -0.4 is 4.90 Å². The fraction of sp³-hybridized carbons (Fsp3) is 0.0690. The van der Waals surface area contributed by atoms with Crippen molar-refractivity contribution >= 4 is 49.4 Å². The maximum atomic E-state index is 2.52. The fourth-order valence-corrected chi connectivity index (χ4v) is 11.6. The Balaban J connectivity index is 1.11. The van der Waals surface area contributed by atoms with E-state index in [2.05, 4.69) is 219 Å². The van der Waals surface area contributed by atoms with E-state index >= 15 is 0 Å². The molecule has 1 heteroatoms. The van der Waals surface area contributed by atoms with Gasteiger partial charge in [-0.1, -0.05) is 178 Å². The molecule has 0 radical (unpaired) electrons. The second-order valence-corrected chi connectivity index (χ2v) is 17.2. The minimum atomic E-state index is -0.430. The summed E-state index contributed by atoms with van der Waals surface area (Å²) < 4.78 is 0. The van der Waals surface area contributed by atoms with E-state index in [0.29, 0.717) is 0 Å². The van der Waals surface area contributed by atoms with E-state index in [1.165, 1.54) is 99.1 Å². The summed E-state index contributed by atoms with van der Waals surface area (Å²) in [6, 6.07) is 75.6. The summed E-state index contributed by atoms with van der Waals surface area (Å²) in [5.41, 5.74) is 19.0. The van der Waals surface area contributed by atoms with Crippen LogP contribution in [0.4, 0.5) is 17.1 Å². The summed E-state index contributed by atoms with van der Waals surface area (Å²) >= 11 is 0. The first-order valence-electron chi connectivity index (χ1n) is 20.8. The largest absolute Gasteiger partial charge is 0.310 e. The Morgan fingerprint density at radius 2 is 0.644 bits per heavy atom. The molecule has 0 fully saturated rings. The zero-order valence-electron chi connectivity index (χ0n) is 33.0. The first-order valence-corrected chi connectivity index (χ1v) is 20.8. The van der Waals surface area contributed by atoms with Crippen molar-refractivity contribution < 1.29 is 0 Å². The maximum absolute atomic E-state index is 2.52. The molecule has 0 heterocycles. The van der Waals surface area contributed by atoms with Gasteiger partial charge in [0.25, 0.3) is 0 Å². The molecule has 0 aromatic heterocycles. The smallest absolute Gasteiger partial charge is 0.0726 e. The molecule has 0 atom stereocenters. The summed E-state index contributed by atoms with van der Waals surface area (Å²) in [6.45, 7) is 4.73. The molecule has 59 heavy (non-hydrogen) atoms. The highest BCUT2D eigenvalue weighted by Gasteiger charge is 2.51. The van der Waals surface area contributed by atoms with Gasteiger partial charge in [-0.05, 0) is 135 Å². The van der Waals surface area contributed by atoms with Gasteiger partial charge in [0, 0.05) is 22.5 Å². The van der Waals surface area contributed by atoms with Crippen LogP contribution in [0, 0.1) is 0 Å². The molecule has 13 rings (SSSR count). The van der Waals surface area contributed by atoms with Crippen molar-refractivity contribution in [2.24, 2.45) is 0 Å². The molecular formula is C58H39N. The average molecular weight is 750 g/mol. The van der Waals surface area contributed by atoms with Crippen LogP contribution in [-0.4, -0.2) is 0 Å². The highest BCUT2D eigenvalue weighted by molar-refractivity contribution is 6.25. The molecule has 0 amide bonds. The fourth-order valence-electron chi connectivity index (χ4n) is 11.6. The third-order valence-electron chi connectivity index (χ3n) is 14.1.